The number of nitrogens with zero attached hydrogens (tertiary/aromatic N) is 2. The molecule has 172 valence electrons. The molecule has 3 aromatic carbocycles. The Balaban J connectivity index is 1.37. The number of carbonyl (C=O) groups is 1. The van der Waals surface area contributed by atoms with E-state index < -0.39 is 10.0 Å². The number of sulfonamides is 1. The zero-order chi connectivity index (χ0) is 23.3. The van der Waals surface area contributed by atoms with Gasteiger partial charge in [0.15, 0.2) is 0 Å². The zero-order valence-electron chi connectivity index (χ0n) is 18.7. The Kier molecular flexibility index (Phi) is 7.23. The van der Waals surface area contributed by atoms with Crippen LogP contribution in [0.25, 0.3) is 11.1 Å². The predicted octanol–water partition coefficient (Wildman–Crippen LogP) is 3.83. The van der Waals surface area contributed by atoms with Crippen LogP contribution in [-0.4, -0.2) is 55.8 Å². The minimum atomic E-state index is -3.38. The quantitative estimate of drug-likeness (QED) is 0.578. The number of benzene rings is 3. The second-order valence-corrected chi connectivity index (χ2v) is 10.2. The van der Waals surface area contributed by atoms with Crippen molar-refractivity contribution in [3.05, 3.63) is 90.5 Å². The summed E-state index contributed by atoms with van der Waals surface area (Å²) >= 11 is 0. The largest absolute Gasteiger partial charge is 0.324 e. The van der Waals surface area contributed by atoms with Crippen LogP contribution < -0.4 is 5.32 Å². The van der Waals surface area contributed by atoms with Crippen molar-refractivity contribution in [1.29, 1.82) is 0 Å². The van der Waals surface area contributed by atoms with E-state index in [0.717, 1.165) is 22.4 Å². The van der Waals surface area contributed by atoms with E-state index in [-0.39, 0.29) is 17.7 Å². The number of rotatable bonds is 7. The highest BCUT2D eigenvalue weighted by Crippen LogP contribution is 2.28. The Morgan fingerprint density at radius 1 is 0.848 bits per heavy atom. The predicted molar refractivity (Wildman–Crippen MR) is 132 cm³/mol. The van der Waals surface area contributed by atoms with Crippen molar-refractivity contribution in [1.82, 2.24) is 9.21 Å². The maximum absolute atomic E-state index is 13.0. The van der Waals surface area contributed by atoms with Crippen LogP contribution in [0.5, 0.6) is 0 Å². The van der Waals surface area contributed by atoms with E-state index in [9.17, 15) is 13.2 Å². The normalized spacial score (nSPS) is 16.3. The van der Waals surface area contributed by atoms with Gasteiger partial charge in [-0.05, 0) is 24.1 Å². The highest BCUT2D eigenvalue weighted by molar-refractivity contribution is 7.88. The lowest BCUT2D eigenvalue weighted by Crippen LogP contribution is -2.54. The van der Waals surface area contributed by atoms with Gasteiger partial charge in [-0.15, -0.1) is 0 Å². The highest BCUT2D eigenvalue weighted by Gasteiger charge is 2.31. The van der Waals surface area contributed by atoms with Gasteiger partial charge in [0.25, 0.3) is 0 Å². The first-order valence-corrected chi connectivity index (χ1v) is 12.8. The molecule has 1 aliphatic rings. The summed E-state index contributed by atoms with van der Waals surface area (Å²) < 4.78 is 27.1. The molecule has 0 spiro atoms. The third-order valence-electron chi connectivity index (χ3n) is 6.06. The van der Waals surface area contributed by atoms with E-state index in [0.29, 0.717) is 26.2 Å². The van der Waals surface area contributed by atoms with Gasteiger partial charge in [-0.25, -0.2) is 8.42 Å². The molecule has 1 heterocycles. The molecule has 1 amide bonds. The van der Waals surface area contributed by atoms with Crippen LogP contribution in [0.15, 0.2) is 84.9 Å². The summed E-state index contributed by atoms with van der Waals surface area (Å²) in [5.41, 5.74) is 3.56. The number of hydrogen-bond acceptors (Lipinski definition) is 4. The number of carbonyl (C=O) groups excluding carboxylic acids is 1. The molecule has 7 heteroatoms. The van der Waals surface area contributed by atoms with Gasteiger partial charge in [-0.3, -0.25) is 9.69 Å². The lowest BCUT2D eigenvalue weighted by atomic mass is 10.0. The van der Waals surface area contributed by atoms with Gasteiger partial charge in [-0.2, -0.15) is 4.31 Å². The standard InChI is InChI=1S/C26H29N3O3S/c1-21(26(30)27-25-15-9-8-14-24(25)23-12-6-3-7-13-23)28-16-18-29(19-17-28)33(31,32)20-22-10-4-2-5-11-22/h2-15,21H,16-20H2,1H3,(H,27,30)/t21-/m0/s1. The van der Waals surface area contributed by atoms with Crippen LogP contribution in [-0.2, 0) is 20.6 Å². The van der Waals surface area contributed by atoms with Crippen molar-refractivity contribution < 1.29 is 13.2 Å². The molecule has 1 fully saturated rings. The van der Waals surface area contributed by atoms with Gasteiger partial charge in [0.1, 0.15) is 0 Å². The second-order valence-electron chi connectivity index (χ2n) is 8.25. The summed E-state index contributed by atoms with van der Waals surface area (Å²) in [4.78, 5) is 15.1. The van der Waals surface area contributed by atoms with E-state index in [4.69, 9.17) is 0 Å². The van der Waals surface area contributed by atoms with Crippen molar-refractivity contribution in [2.24, 2.45) is 0 Å². The molecule has 0 radical (unpaired) electrons. The third-order valence-corrected chi connectivity index (χ3v) is 7.91. The first-order valence-electron chi connectivity index (χ1n) is 11.2. The summed E-state index contributed by atoms with van der Waals surface area (Å²) in [6.45, 7) is 3.67. The number of para-hydroxylation sites is 1. The highest BCUT2D eigenvalue weighted by atomic mass is 32.2. The first kappa shape index (κ1) is 23.2. The average Bonchev–Trinajstić information content (AvgIpc) is 2.85. The number of nitrogens with one attached hydrogen (secondary N) is 1. The molecule has 1 aliphatic heterocycles. The fourth-order valence-corrected chi connectivity index (χ4v) is 5.63. The maximum atomic E-state index is 13.0. The topological polar surface area (TPSA) is 69.7 Å². The Morgan fingerprint density at radius 2 is 1.42 bits per heavy atom. The molecule has 0 aromatic heterocycles. The molecule has 1 atom stereocenters. The molecule has 33 heavy (non-hydrogen) atoms. The molecular weight excluding hydrogens is 434 g/mol. The molecule has 3 aromatic rings. The van der Waals surface area contributed by atoms with Crippen LogP contribution in [0.2, 0.25) is 0 Å². The molecule has 0 aliphatic carbocycles. The minimum absolute atomic E-state index is 0.000149. The average molecular weight is 464 g/mol. The van der Waals surface area contributed by atoms with Gasteiger partial charge in [0, 0.05) is 37.4 Å². The number of amides is 1. The van der Waals surface area contributed by atoms with E-state index in [1.807, 2.05) is 96.8 Å². The summed E-state index contributed by atoms with van der Waals surface area (Å²) in [6.07, 6.45) is 0. The summed E-state index contributed by atoms with van der Waals surface area (Å²) in [7, 11) is -3.38. The Labute approximate surface area is 195 Å². The molecule has 1 saturated heterocycles. The van der Waals surface area contributed by atoms with Gasteiger partial charge in [-0.1, -0.05) is 78.9 Å². The van der Waals surface area contributed by atoms with Gasteiger partial charge >= 0.3 is 0 Å². The molecule has 4 rings (SSSR count). The van der Waals surface area contributed by atoms with Crippen LogP contribution in [0.3, 0.4) is 0 Å². The minimum Gasteiger partial charge on any atom is -0.324 e. The number of hydrogen-bond donors (Lipinski definition) is 1. The van der Waals surface area contributed by atoms with E-state index in [1.54, 1.807) is 0 Å². The number of piperazine rings is 1. The van der Waals surface area contributed by atoms with Gasteiger partial charge in [0.2, 0.25) is 15.9 Å². The fourth-order valence-electron chi connectivity index (χ4n) is 4.11. The van der Waals surface area contributed by atoms with Crippen LogP contribution in [0.1, 0.15) is 12.5 Å². The van der Waals surface area contributed by atoms with E-state index in [2.05, 4.69) is 5.32 Å². The molecular formula is C26H29N3O3S. The molecule has 0 saturated carbocycles. The Bertz CT molecular complexity index is 1180. The molecule has 0 unspecified atom stereocenters. The monoisotopic (exact) mass is 463 g/mol. The first-order chi connectivity index (χ1) is 15.9. The Morgan fingerprint density at radius 3 is 2.09 bits per heavy atom. The third kappa shape index (κ3) is 5.68. The second kappa shape index (κ2) is 10.3. The zero-order valence-corrected chi connectivity index (χ0v) is 19.5. The van der Waals surface area contributed by atoms with Gasteiger partial charge in [0.05, 0.1) is 11.8 Å². The van der Waals surface area contributed by atoms with Crippen molar-refractivity contribution in [3.63, 3.8) is 0 Å². The van der Waals surface area contributed by atoms with E-state index in [1.165, 1.54) is 4.31 Å². The Hall–Kier alpha value is -3.00. The van der Waals surface area contributed by atoms with Crippen molar-refractivity contribution in [2.45, 2.75) is 18.7 Å². The summed E-state index contributed by atoms with van der Waals surface area (Å²) in [6, 6.07) is 26.6. The van der Waals surface area contributed by atoms with Crippen LogP contribution >= 0.6 is 0 Å². The summed E-state index contributed by atoms with van der Waals surface area (Å²) in [5, 5.41) is 3.07. The van der Waals surface area contributed by atoms with E-state index >= 15 is 0 Å². The smallest absolute Gasteiger partial charge is 0.241 e. The maximum Gasteiger partial charge on any atom is 0.241 e. The SMILES string of the molecule is C[C@@H](C(=O)Nc1ccccc1-c1ccccc1)N1CCN(S(=O)(=O)Cc2ccccc2)CC1. The van der Waals surface area contributed by atoms with Crippen LogP contribution in [0.4, 0.5) is 5.69 Å². The molecule has 0 bridgehead atoms. The lowest BCUT2D eigenvalue weighted by molar-refractivity contribution is -0.121. The molecule has 1 N–H and O–H groups in total. The van der Waals surface area contributed by atoms with Crippen molar-refractivity contribution in [2.75, 3.05) is 31.5 Å². The van der Waals surface area contributed by atoms with Gasteiger partial charge < -0.3 is 5.32 Å². The molecule has 6 nitrogen and oxygen atoms in total. The fraction of sp³-hybridized carbons (Fsp3) is 0.269. The lowest BCUT2D eigenvalue weighted by Gasteiger charge is -2.36. The van der Waals surface area contributed by atoms with Crippen molar-refractivity contribution >= 4 is 21.6 Å². The summed E-state index contributed by atoms with van der Waals surface area (Å²) in [5.74, 6) is -0.0980. The van der Waals surface area contributed by atoms with Crippen molar-refractivity contribution in [3.8, 4) is 11.1 Å². The number of anilines is 1. The van der Waals surface area contributed by atoms with Crippen LogP contribution in [0, 0.1) is 0 Å².